The first-order chi connectivity index (χ1) is 6.36. The van der Waals surface area contributed by atoms with E-state index < -0.39 is 0 Å². The molecule has 1 N–H and O–H groups in total. The average molecular weight is 242 g/mol. The summed E-state index contributed by atoms with van der Waals surface area (Å²) in [5.74, 6) is 0. The molecule has 1 aliphatic heterocycles. The van der Waals surface area contributed by atoms with Crippen molar-refractivity contribution in [3.63, 3.8) is 0 Å². The number of nitrogens with zero attached hydrogens (tertiary/aromatic N) is 2. The van der Waals surface area contributed by atoms with Gasteiger partial charge in [-0.1, -0.05) is 0 Å². The number of hydrogen-bond donors (Lipinski definition) is 1. The number of aromatic nitrogens is 2. The maximum absolute atomic E-state index is 4.55. The molecule has 2 heterocycles. The summed E-state index contributed by atoms with van der Waals surface area (Å²) in [6, 6.07) is 0.694. The Bertz CT molecular complexity index is 341. The van der Waals surface area contributed by atoms with Gasteiger partial charge in [0.15, 0.2) is 0 Å². The van der Waals surface area contributed by atoms with E-state index >= 15 is 0 Å². The Morgan fingerprint density at radius 1 is 1.46 bits per heavy atom. The van der Waals surface area contributed by atoms with E-state index in [9.17, 15) is 0 Å². The van der Waals surface area contributed by atoms with Gasteiger partial charge in [0.1, 0.15) is 4.60 Å². The summed E-state index contributed by atoms with van der Waals surface area (Å²) in [6.07, 6.45) is 3.73. The molecule has 3 rings (SSSR count). The van der Waals surface area contributed by atoms with Crippen LogP contribution in [0, 0.1) is 0 Å². The summed E-state index contributed by atoms with van der Waals surface area (Å²) in [7, 11) is 0. The lowest BCUT2D eigenvalue weighted by molar-refractivity contribution is 0.550. The molecule has 0 aromatic carbocycles. The Hall–Kier alpha value is -0.350. The fourth-order valence-electron chi connectivity index (χ4n) is 1.95. The number of nitrogens with one attached hydrogen (secondary N) is 1. The summed E-state index contributed by atoms with van der Waals surface area (Å²) in [5.41, 5.74) is 2.83. The molecule has 1 fully saturated rings. The second-order valence-electron chi connectivity index (χ2n) is 3.82. The van der Waals surface area contributed by atoms with E-state index in [1.165, 1.54) is 24.1 Å². The van der Waals surface area contributed by atoms with Crippen molar-refractivity contribution in [2.24, 2.45) is 0 Å². The molecule has 0 spiro atoms. The molecule has 0 unspecified atom stereocenters. The molecule has 1 aromatic rings. The van der Waals surface area contributed by atoms with Crippen LogP contribution in [0.25, 0.3) is 0 Å². The van der Waals surface area contributed by atoms with Gasteiger partial charge in [-0.3, -0.25) is 4.68 Å². The summed E-state index contributed by atoms with van der Waals surface area (Å²) >= 11 is 3.54. The Morgan fingerprint density at radius 3 is 3.08 bits per heavy atom. The van der Waals surface area contributed by atoms with E-state index in [4.69, 9.17) is 0 Å². The highest BCUT2D eigenvalue weighted by molar-refractivity contribution is 9.10. The van der Waals surface area contributed by atoms with Crippen molar-refractivity contribution in [3.8, 4) is 0 Å². The topological polar surface area (TPSA) is 29.9 Å². The molecular formula is C9H12BrN3. The van der Waals surface area contributed by atoms with Gasteiger partial charge in [-0.05, 0) is 41.7 Å². The van der Waals surface area contributed by atoms with Crippen molar-refractivity contribution in [2.75, 3.05) is 6.54 Å². The molecule has 13 heavy (non-hydrogen) atoms. The zero-order valence-electron chi connectivity index (χ0n) is 7.39. The summed E-state index contributed by atoms with van der Waals surface area (Å²) < 4.78 is 3.28. The normalized spacial score (nSPS) is 21.6. The van der Waals surface area contributed by atoms with Crippen LogP contribution in [0.1, 0.15) is 30.1 Å². The maximum atomic E-state index is 4.55. The third-order valence-electron chi connectivity index (χ3n) is 2.81. The fraction of sp³-hybridized carbons (Fsp3) is 0.667. The lowest BCUT2D eigenvalue weighted by Crippen LogP contribution is -2.25. The molecule has 0 saturated heterocycles. The fourth-order valence-corrected chi connectivity index (χ4v) is 2.55. The average Bonchev–Trinajstić information content (AvgIpc) is 2.94. The molecule has 70 valence electrons. The van der Waals surface area contributed by atoms with Crippen molar-refractivity contribution in [1.82, 2.24) is 15.1 Å². The third-order valence-corrected chi connectivity index (χ3v) is 3.44. The van der Waals surface area contributed by atoms with E-state index in [0.29, 0.717) is 6.04 Å². The van der Waals surface area contributed by atoms with E-state index in [1.54, 1.807) is 0 Å². The largest absolute Gasteiger partial charge is 0.311 e. The maximum Gasteiger partial charge on any atom is 0.131 e. The van der Waals surface area contributed by atoms with E-state index in [1.807, 2.05) is 0 Å². The molecular weight excluding hydrogens is 230 g/mol. The van der Waals surface area contributed by atoms with Crippen LogP contribution in [0.5, 0.6) is 0 Å². The van der Waals surface area contributed by atoms with Gasteiger partial charge < -0.3 is 5.32 Å². The zero-order chi connectivity index (χ0) is 8.84. The number of rotatable bonds is 1. The van der Waals surface area contributed by atoms with E-state index in [-0.39, 0.29) is 0 Å². The molecule has 1 aliphatic carbocycles. The van der Waals surface area contributed by atoms with Crippen LogP contribution >= 0.6 is 15.9 Å². The first-order valence-electron chi connectivity index (χ1n) is 4.83. The Labute approximate surface area is 85.6 Å². The molecule has 2 aliphatic rings. The first-order valence-corrected chi connectivity index (χ1v) is 5.62. The summed E-state index contributed by atoms with van der Waals surface area (Å²) in [5, 5.41) is 7.94. The second-order valence-corrected chi connectivity index (χ2v) is 4.57. The molecule has 1 saturated carbocycles. The van der Waals surface area contributed by atoms with Gasteiger partial charge in [-0.15, -0.1) is 0 Å². The standard InChI is InChI=1S/C9H12BrN3/c10-9-7-3-4-11-5-8(7)13(12-9)6-1-2-6/h6,11H,1-5H2. The highest BCUT2D eigenvalue weighted by atomic mass is 79.9. The van der Waals surface area contributed by atoms with Gasteiger partial charge in [0, 0.05) is 12.1 Å². The molecule has 0 bridgehead atoms. The van der Waals surface area contributed by atoms with Gasteiger partial charge >= 0.3 is 0 Å². The van der Waals surface area contributed by atoms with Crippen molar-refractivity contribution < 1.29 is 0 Å². The zero-order valence-corrected chi connectivity index (χ0v) is 8.97. The Kier molecular flexibility index (Phi) is 1.73. The highest BCUT2D eigenvalue weighted by Crippen LogP contribution is 2.38. The molecule has 0 amide bonds. The van der Waals surface area contributed by atoms with Gasteiger partial charge in [-0.25, -0.2) is 0 Å². The smallest absolute Gasteiger partial charge is 0.131 e. The minimum Gasteiger partial charge on any atom is -0.311 e. The third kappa shape index (κ3) is 1.23. The molecule has 3 nitrogen and oxygen atoms in total. The van der Waals surface area contributed by atoms with Crippen LogP contribution in [-0.2, 0) is 13.0 Å². The van der Waals surface area contributed by atoms with Crippen molar-refractivity contribution in [3.05, 3.63) is 15.9 Å². The SMILES string of the molecule is Brc1nn(C2CC2)c2c1CCNC2. The van der Waals surface area contributed by atoms with Crippen LogP contribution < -0.4 is 5.32 Å². The van der Waals surface area contributed by atoms with Crippen molar-refractivity contribution in [2.45, 2.75) is 31.8 Å². The van der Waals surface area contributed by atoms with Crippen LogP contribution in [0.15, 0.2) is 4.60 Å². The molecule has 1 aromatic heterocycles. The lowest BCUT2D eigenvalue weighted by atomic mass is 10.1. The highest BCUT2D eigenvalue weighted by Gasteiger charge is 2.30. The number of hydrogen-bond acceptors (Lipinski definition) is 2. The second kappa shape index (κ2) is 2.82. The number of halogens is 1. The Balaban J connectivity index is 2.09. The summed E-state index contributed by atoms with van der Waals surface area (Å²) in [6.45, 7) is 2.08. The monoisotopic (exact) mass is 241 g/mol. The van der Waals surface area contributed by atoms with Gasteiger partial charge in [0.2, 0.25) is 0 Å². The first kappa shape index (κ1) is 8.00. The molecule has 4 heteroatoms. The summed E-state index contributed by atoms with van der Waals surface area (Å²) in [4.78, 5) is 0. The Morgan fingerprint density at radius 2 is 2.31 bits per heavy atom. The van der Waals surface area contributed by atoms with E-state index in [2.05, 4.69) is 31.0 Å². The predicted molar refractivity (Wildman–Crippen MR) is 53.6 cm³/mol. The lowest BCUT2D eigenvalue weighted by Gasteiger charge is -2.14. The van der Waals surface area contributed by atoms with Gasteiger partial charge in [0.05, 0.1) is 11.7 Å². The minimum absolute atomic E-state index is 0.694. The van der Waals surface area contributed by atoms with Crippen molar-refractivity contribution >= 4 is 15.9 Å². The van der Waals surface area contributed by atoms with Crippen LogP contribution in [0.4, 0.5) is 0 Å². The van der Waals surface area contributed by atoms with Crippen LogP contribution in [0.2, 0.25) is 0 Å². The predicted octanol–water partition coefficient (Wildman–Crippen LogP) is 1.63. The van der Waals surface area contributed by atoms with Crippen LogP contribution in [0.3, 0.4) is 0 Å². The molecule has 0 radical (unpaired) electrons. The quantitative estimate of drug-likeness (QED) is 0.811. The molecule has 0 atom stereocenters. The van der Waals surface area contributed by atoms with Gasteiger partial charge in [0.25, 0.3) is 0 Å². The van der Waals surface area contributed by atoms with E-state index in [0.717, 1.165) is 24.1 Å². The van der Waals surface area contributed by atoms with Crippen molar-refractivity contribution in [1.29, 1.82) is 0 Å². The minimum atomic E-state index is 0.694. The van der Waals surface area contributed by atoms with Gasteiger partial charge in [-0.2, -0.15) is 5.10 Å². The number of fused-ring (bicyclic) bond motifs is 1. The van der Waals surface area contributed by atoms with Crippen LogP contribution in [-0.4, -0.2) is 16.3 Å².